The molecule has 0 unspecified atom stereocenters. The Morgan fingerprint density at radius 3 is 2.68 bits per heavy atom. The molecule has 7 heteroatoms. The van der Waals surface area contributed by atoms with Crippen LogP contribution in [-0.2, 0) is 22.5 Å². The highest BCUT2D eigenvalue weighted by Gasteiger charge is 2.11. The summed E-state index contributed by atoms with van der Waals surface area (Å²) in [7, 11) is 0. The van der Waals surface area contributed by atoms with Crippen molar-refractivity contribution in [2.45, 2.75) is 19.9 Å². The first kappa shape index (κ1) is 16.1. The van der Waals surface area contributed by atoms with Gasteiger partial charge in [0.15, 0.2) is 5.13 Å². The minimum absolute atomic E-state index is 0.103. The number of aromatic nitrogens is 1. The van der Waals surface area contributed by atoms with E-state index in [4.69, 9.17) is 10.5 Å². The summed E-state index contributed by atoms with van der Waals surface area (Å²) >= 11 is 1.27. The third-order valence-electron chi connectivity index (χ3n) is 2.85. The van der Waals surface area contributed by atoms with E-state index in [1.807, 2.05) is 12.1 Å². The molecule has 2 rings (SSSR count). The molecule has 0 atom stereocenters. The molecule has 1 aromatic carbocycles. The van der Waals surface area contributed by atoms with Crippen LogP contribution in [0.2, 0.25) is 0 Å². The molecule has 0 aliphatic carbocycles. The number of benzene rings is 1. The highest BCUT2D eigenvalue weighted by atomic mass is 32.1. The van der Waals surface area contributed by atoms with Gasteiger partial charge < -0.3 is 10.5 Å². The number of thiazole rings is 1. The molecule has 0 saturated heterocycles. The number of rotatable bonds is 6. The molecule has 0 fully saturated rings. The van der Waals surface area contributed by atoms with Crippen LogP contribution >= 0.6 is 11.3 Å². The Bertz CT molecular complexity index is 652. The zero-order chi connectivity index (χ0) is 15.9. The van der Waals surface area contributed by atoms with Crippen molar-refractivity contribution in [2.24, 2.45) is 5.73 Å². The van der Waals surface area contributed by atoms with E-state index in [1.165, 1.54) is 11.3 Å². The second kappa shape index (κ2) is 7.67. The molecule has 0 radical (unpaired) electrons. The largest absolute Gasteiger partial charge is 0.466 e. The summed E-state index contributed by atoms with van der Waals surface area (Å²) in [6.45, 7) is 2.53. The molecule has 6 nitrogen and oxygen atoms in total. The normalized spacial score (nSPS) is 10.3. The Balaban J connectivity index is 1.96. The highest BCUT2D eigenvalue weighted by molar-refractivity contribution is 7.14. The number of carbonyl (C=O) groups is 2. The lowest BCUT2D eigenvalue weighted by Gasteiger charge is -2.03. The molecule has 3 N–H and O–H groups in total. The molecule has 116 valence electrons. The van der Waals surface area contributed by atoms with Gasteiger partial charge in [-0.05, 0) is 24.6 Å². The summed E-state index contributed by atoms with van der Waals surface area (Å²) < 4.78 is 4.86. The number of amides is 1. The van der Waals surface area contributed by atoms with E-state index < -0.39 is 0 Å². The summed E-state index contributed by atoms with van der Waals surface area (Å²) in [5.74, 6) is -0.580. The van der Waals surface area contributed by atoms with Crippen LogP contribution < -0.4 is 11.1 Å². The predicted molar refractivity (Wildman–Crippen MR) is 84.7 cm³/mol. The molecule has 0 saturated carbocycles. The van der Waals surface area contributed by atoms with Crippen molar-refractivity contribution in [1.82, 2.24) is 4.98 Å². The zero-order valence-electron chi connectivity index (χ0n) is 12.2. The minimum Gasteiger partial charge on any atom is -0.466 e. The van der Waals surface area contributed by atoms with Crippen molar-refractivity contribution in [1.29, 1.82) is 0 Å². The number of anilines is 1. The van der Waals surface area contributed by atoms with Gasteiger partial charge >= 0.3 is 5.97 Å². The van der Waals surface area contributed by atoms with Crippen LogP contribution in [-0.4, -0.2) is 23.5 Å². The van der Waals surface area contributed by atoms with Gasteiger partial charge in [-0.2, -0.15) is 0 Å². The van der Waals surface area contributed by atoms with Gasteiger partial charge in [-0.1, -0.05) is 12.1 Å². The van der Waals surface area contributed by atoms with Crippen molar-refractivity contribution in [3.05, 3.63) is 46.5 Å². The smallest absolute Gasteiger partial charge is 0.311 e. The van der Waals surface area contributed by atoms with E-state index in [0.717, 1.165) is 5.56 Å². The summed E-state index contributed by atoms with van der Waals surface area (Å²) in [5, 5.41) is 4.88. The second-order valence-electron chi connectivity index (χ2n) is 4.48. The summed E-state index contributed by atoms with van der Waals surface area (Å²) in [6.07, 6.45) is 0.103. The van der Waals surface area contributed by atoms with E-state index >= 15 is 0 Å². The van der Waals surface area contributed by atoms with Crippen LogP contribution in [0.15, 0.2) is 29.6 Å². The van der Waals surface area contributed by atoms with Crippen LogP contribution in [0.1, 0.15) is 28.5 Å². The second-order valence-corrected chi connectivity index (χ2v) is 5.34. The van der Waals surface area contributed by atoms with Crippen molar-refractivity contribution in [3.63, 3.8) is 0 Å². The first-order valence-electron chi connectivity index (χ1n) is 6.82. The van der Waals surface area contributed by atoms with Gasteiger partial charge in [-0.3, -0.25) is 14.9 Å². The number of nitrogens with two attached hydrogens (primary N) is 1. The molecule has 1 aromatic heterocycles. The fraction of sp³-hybridized carbons (Fsp3) is 0.267. The monoisotopic (exact) mass is 319 g/mol. The molecule has 0 spiro atoms. The number of nitrogens with zero attached hydrogens (tertiary/aromatic N) is 1. The molecule has 0 bridgehead atoms. The molecule has 22 heavy (non-hydrogen) atoms. The van der Waals surface area contributed by atoms with Crippen LogP contribution in [0.5, 0.6) is 0 Å². The van der Waals surface area contributed by atoms with E-state index in [1.54, 1.807) is 24.4 Å². The number of esters is 1. The molecule has 1 heterocycles. The first-order chi connectivity index (χ1) is 10.6. The van der Waals surface area contributed by atoms with Gasteiger partial charge in [0, 0.05) is 17.5 Å². The Morgan fingerprint density at radius 1 is 1.32 bits per heavy atom. The Labute approximate surface area is 132 Å². The van der Waals surface area contributed by atoms with Gasteiger partial charge in [0.05, 0.1) is 18.7 Å². The number of hydrogen-bond donors (Lipinski definition) is 2. The maximum atomic E-state index is 12.1. The van der Waals surface area contributed by atoms with Crippen LogP contribution in [0, 0.1) is 0 Å². The van der Waals surface area contributed by atoms with Crippen LogP contribution in [0.4, 0.5) is 5.13 Å². The quantitative estimate of drug-likeness (QED) is 0.794. The maximum Gasteiger partial charge on any atom is 0.311 e. The molecular formula is C15H17N3O3S. The lowest BCUT2D eigenvalue weighted by Crippen LogP contribution is -2.12. The Kier molecular flexibility index (Phi) is 5.62. The van der Waals surface area contributed by atoms with Crippen molar-refractivity contribution in [2.75, 3.05) is 11.9 Å². The lowest BCUT2D eigenvalue weighted by molar-refractivity contribution is -0.142. The third kappa shape index (κ3) is 4.37. The van der Waals surface area contributed by atoms with Crippen molar-refractivity contribution in [3.8, 4) is 0 Å². The first-order valence-corrected chi connectivity index (χ1v) is 7.70. The van der Waals surface area contributed by atoms with Crippen molar-refractivity contribution < 1.29 is 14.3 Å². The summed E-state index contributed by atoms with van der Waals surface area (Å²) in [6, 6.07) is 7.04. The topological polar surface area (TPSA) is 94.3 Å². The van der Waals surface area contributed by atoms with Gasteiger partial charge in [0.2, 0.25) is 0 Å². The fourth-order valence-electron chi connectivity index (χ4n) is 1.77. The van der Waals surface area contributed by atoms with Gasteiger partial charge in [-0.15, -0.1) is 11.3 Å². The lowest BCUT2D eigenvalue weighted by atomic mass is 10.1. The number of nitrogens with one attached hydrogen (secondary N) is 1. The van der Waals surface area contributed by atoms with E-state index in [-0.39, 0.29) is 18.3 Å². The number of hydrogen-bond acceptors (Lipinski definition) is 6. The summed E-state index contributed by atoms with van der Waals surface area (Å²) in [4.78, 5) is 27.6. The standard InChI is InChI=1S/C15H17N3O3S/c1-2-21-13(19)7-12-9-22-15(17-12)18-14(20)11-5-3-10(8-16)4-6-11/h3-6,9H,2,7-8,16H2,1H3,(H,17,18,20). The van der Waals surface area contributed by atoms with Crippen molar-refractivity contribution >= 4 is 28.3 Å². The molecule has 2 aromatic rings. The maximum absolute atomic E-state index is 12.1. The Morgan fingerprint density at radius 2 is 2.05 bits per heavy atom. The molecule has 0 aliphatic rings. The number of carbonyl (C=O) groups excluding carboxylic acids is 2. The van der Waals surface area contributed by atoms with E-state index in [0.29, 0.717) is 29.5 Å². The van der Waals surface area contributed by atoms with Gasteiger partial charge in [-0.25, -0.2) is 4.98 Å². The van der Waals surface area contributed by atoms with Crippen LogP contribution in [0.25, 0.3) is 0 Å². The van der Waals surface area contributed by atoms with E-state index in [9.17, 15) is 9.59 Å². The molecule has 1 amide bonds. The predicted octanol–water partition coefficient (Wildman–Crippen LogP) is 1.96. The van der Waals surface area contributed by atoms with Gasteiger partial charge in [0.25, 0.3) is 5.91 Å². The average Bonchev–Trinajstić information content (AvgIpc) is 2.94. The fourth-order valence-corrected chi connectivity index (χ4v) is 2.47. The SMILES string of the molecule is CCOC(=O)Cc1csc(NC(=O)c2ccc(CN)cc2)n1. The Hall–Kier alpha value is -2.25. The third-order valence-corrected chi connectivity index (χ3v) is 3.66. The van der Waals surface area contributed by atoms with Crippen LogP contribution in [0.3, 0.4) is 0 Å². The number of ether oxygens (including phenoxy) is 1. The summed E-state index contributed by atoms with van der Waals surface area (Å²) in [5.41, 5.74) is 7.59. The van der Waals surface area contributed by atoms with Gasteiger partial charge in [0.1, 0.15) is 0 Å². The average molecular weight is 319 g/mol. The highest BCUT2D eigenvalue weighted by Crippen LogP contribution is 2.17. The minimum atomic E-state index is -0.331. The zero-order valence-corrected chi connectivity index (χ0v) is 13.0. The molecular weight excluding hydrogens is 302 g/mol. The molecule has 0 aliphatic heterocycles. The van der Waals surface area contributed by atoms with E-state index in [2.05, 4.69) is 10.3 Å².